The maximum atomic E-state index is 4.37. The Hall–Kier alpha value is -2.44. The third-order valence-corrected chi connectivity index (χ3v) is 3.13. The molecule has 0 unspecified atom stereocenters. The third kappa shape index (κ3) is 1.92. The zero-order chi connectivity index (χ0) is 13.4. The summed E-state index contributed by atoms with van der Waals surface area (Å²) in [6.45, 7) is 2.57. The molecule has 0 fully saturated rings. The molecule has 0 spiro atoms. The number of imidazole rings is 1. The summed E-state index contributed by atoms with van der Waals surface area (Å²) >= 11 is 0. The number of aromatic nitrogens is 6. The second-order valence-electron chi connectivity index (χ2n) is 4.44. The molecule has 3 aromatic rings. The van der Waals surface area contributed by atoms with Gasteiger partial charge >= 0.3 is 0 Å². The van der Waals surface area contributed by atoms with E-state index in [9.17, 15) is 0 Å². The van der Waals surface area contributed by atoms with Gasteiger partial charge in [-0.3, -0.25) is 4.68 Å². The number of rotatable bonds is 3. The first-order valence-corrected chi connectivity index (χ1v) is 6.01. The average Bonchev–Trinajstić information content (AvgIpc) is 2.92. The Balaban J connectivity index is 1.95. The smallest absolute Gasteiger partial charge is 0.163 e. The monoisotopic (exact) mass is 257 g/mol. The molecule has 1 N–H and O–H groups in total. The quantitative estimate of drug-likeness (QED) is 0.758. The zero-order valence-corrected chi connectivity index (χ0v) is 11.1. The normalized spacial score (nSPS) is 11.1. The van der Waals surface area contributed by atoms with E-state index in [1.165, 1.54) is 0 Å². The zero-order valence-electron chi connectivity index (χ0n) is 11.1. The van der Waals surface area contributed by atoms with Gasteiger partial charge in [0.15, 0.2) is 5.65 Å². The van der Waals surface area contributed by atoms with Crippen LogP contribution in [0.1, 0.15) is 11.5 Å². The van der Waals surface area contributed by atoms with Crippen molar-refractivity contribution in [3.8, 4) is 0 Å². The maximum Gasteiger partial charge on any atom is 0.163 e. The highest BCUT2D eigenvalue weighted by molar-refractivity contribution is 5.88. The molecule has 0 aliphatic heterocycles. The summed E-state index contributed by atoms with van der Waals surface area (Å²) in [7, 11) is 3.85. The summed E-state index contributed by atoms with van der Waals surface area (Å²) in [5.41, 5.74) is 1.75. The van der Waals surface area contributed by atoms with E-state index in [1.54, 1.807) is 17.2 Å². The predicted octanol–water partition coefficient (Wildman–Crippen LogP) is 1.02. The first kappa shape index (κ1) is 11.6. The van der Waals surface area contributed by atoms with Crippen molar-refractivity contribution in [3.63, 3.8) is 0 Å². The van der Waals surface area contributed by atoms with E-state index in [0.29, 0.717) is 6.54 Å². The molecule has 0 aliphatic carbocycles. The van der Waals surface area contributed by atoms with Crippen molar-refractivity contribution in [2.45, 2.75) is 13.5 Å². The van der Waals surface area contributed by atoms with Gasteiger partial charge in [0, 0.05) is 26.5 Å². The molecule has 3 rings (SSSR count). The second-order valence-corrected chi connectivity index (χ2v) is 4.44. The van der Waals surface area contributed by atoms with Crippen LogP contribution >= 0.6 is 0 Å². The van der Waals surface area contributed by atoms with E-state index >= 15 is 0 Å². The van der Waals surface area contributed by atoms with E-state index in [0.717, 1.165) is 28.4 Å². The Bertz CT molecular complexity index is 725. The van der Waals surface area contributed by atoms with Gasteiger partial charge in [-0.2, -0.15) is 5.10 Å². The maximum absolute atomic E-state index is 4.37. The molecule has 98 valence electrons. The predicted molar refractivity (Wildman–Crippen MR) is 71.6 cm³/mol. The fraction of sp³-hybridized carbons (Fsp3) is 0.333. The highest BCUT2D eigenvalue weighted by atomic mass is 15.3. The van der Waals surface area contributed by atoms with Gasteiger partial charge in [0.05, 0.1) is 17.6 Å². The molecule has 0 amide bonds. The number of nitrogens with one attached hydrogen (secondary N) is 1. The van der Waals surface area contributed by atoms with E-state index in [-0.39, 0.29) is 0 Å². The van der Waals surface area contributed by atoms with Gasteiger partial charge in [-0.25, -0.2) is 15.0 Å². The standard InChI is InChI=1S/C12H15N7/c1-8-10-11(14-6-9-13-4-5-18(9)2)15-7-16-12(10)19(3)17-8/h4-5,7H,6H2,1-3H3,(H,14,15,16). The van der Waals surface area contributed by atoms with Gasteiger partial charge in [-0.1, -0.05) is 0 Å². The Morgan fingerprint density at radius 3 is 2.79 bits per heavy atom. The fourth-order valence-corrected chi connectivity index (χ4v) is 2.14. The van der Waals surface area contributed by atoms with Crippen LogP contribution < -0.4 is 5.32 Å². The van der Waals surface area contributed by atoms with Crippen molar-refractivity contribution >= 4 is 16.9 Å². The summed E-state index contributed by atoms with van der Waals surface area (Å²) in [6, 6.07) is 0. The Morgan fingerprint density at radius 1 is 1.21 bits per heavy atom. The van der Waals surface area contributed by atoms with E-state index < -0.39 is 0 Å². The van der Waals surface area contributed by atoms with Gasteiger partial charge in [-0.05, 0) is 6.92 Å². The lowest BCUT2D eigenvalue weighted by Gasteiger charge is -2.06. The number of hydrogen-bond donors (Lipinski definition) is 1. The number of nitrogens with zero attached hydrogens (tertiary/aromatic N) is 6. The Kier molecular flexibility index (Phi) is 2.66. The summed E-state index contributed by atoms with van der Waals surface area (Å²) in [5.74, 6) is 1.74. The van der Waals surface area contributed by atoms with Crippen LogP contribution in [-0.4, -0.2) is 29.3 Å². The lowest BCUT2D eigenvalue weighted by Crippen LogP contribution is -2.07. The van der Waals surface area contributed by atoms with Crippen molar-refractivity contribution in [1.29, 1.82) is 0 Å². The molecule has 0 aliphatic rings. The van der Waals surface area contributed by atoms with Gasteiger partial charge in [0.25, 0.3) is 0 Å². The van der Waals surface area contributed by atoms with Gasteiger partial charge in [0.1, 0.15) is 18.0 Å². The molecular formula is C12H15N7. The molecule has 0 bridgehead atoms. The van der Waals surface area contributed by atoms with Crippen LogP contribution in [0.25, 0.3) is 11.0 Å². The van der Waals surface area contributed by atoms with E-state index in [1.807, 2.05) is 31.8 Å². The largest absolute Gasteiger partial charge is 0.362 e. The molecule has 7 heteroatoms. The SMILES string of the molecule is Cc1nn(C)c2ncnc(NCc3nccn3C)c12. The average molecular weight is 257 g/mol. The van der Waals surface area contributed by atoms with Crippen molar-refractivity contribution in [1.82, 2.24) is 29.3 Å². The summed E-state index contributed by atoms with van der Waals surface area (Å²) in [4.78, 5) is 12.8. The first-order chi connectivity index (χ1) is 9.16. The van der Waals surface area contributed by atoms with Gasteiger partial charge in [-0.15, -0.1) is 0 Å². The Morgan fingerprint density at radius 2 is 2.05 bits per heavy atom. The molecule has 7 nitrogen and oxygen atoms in total. The molecule has 0 saturated carbocycles. The van der Waals surface area contributed by atoms with Crippen LogP contribution in [0.2, 0.25) is 0 Å². The molecule has 3 aromatic heterocycles. The molecule has 0 saturated heterocycles. The van der Waals surface area contributed by atoms with Crippen LogP contribution in [0, 0.1) is 6.92 Å². The summed E-state index contributed by atoms with van der Waals surface area (Å²) in [6.07, 6.45) is 5.24. The minimum Gasteiger partial charge on any atom is -0.362 e. The fourth-order valence-electron chi connectivity index (χ4n) is 2.14. The van der Waals surface area contributed by atoms with Crippen LogP contribution in [0.4, 0.5) is 5.82 Å². The molecule has 0 aromatic carbocycles. The van der Waals surface area contributed by atoms with Crippen LogP contribution in [0.3, 0.4) is 0 Å². The summed E-state index contributed by atoms with van der Waals surface area (Å²) in [5, 5.41) is 8.62. The second kappa shape index (κ2) is 4.34. The topological polar surface area (TPSA) is 73.5 Å². The highest BCUT2D eigenvalue weighted by Gasteiger charge is 2.12. The number of hydrogen-bond acceptors (Lipinski definition) is 5. The van der Waals surface area contributed by atoms with Crippen molar-refractivity contribution < 1.29 is 0 Å². The molecule has 0 atom stereocenters. The van der Waals surface area contributed by atoms with Gasteiger partial charge < -0.3 is 9.88 Å². The van der Waals surface area contributed by atoms with Crippen LogP contribution in [-0.2, 0) is 20.6 Å². The van der Waals surface area contributed by atoms with Crippen LogP contribution in [0.15, 0.2) is 18.7 Å². The highest BCUT2D eigenvalue weighted by Crippen LogP contribution is 2.22. The van der Waals surface area contributed by atoms with Gasteiger partial charge in [0.2, 0.25) is 0 Å². The number of aryl methyl sites for hydroxylation is 3. The van der Waals surface area contributed by atoms with E-state index in [2.05, 4.69) is 25.4 Å². The minimum absolute atomic E-state index is 0.615. The van der Waals surface area contributed by atoms with Crippen molar-refractivity contribution in [3.05, 3.63) is 30.2 Å². The third-order valence-electron chi connectivity index (χ3n) is 3.13. The van der Waals surface area contributed by atoms with E-state index in [4.69, 9.17) is 0 Å². The molecule has 0 radical (unpaired) electrons. The van der Waals surface area contributed by atoms with Crippen LogP contribution in [0.5, 0.6) is 0 Å². The minimum atomic E-state index is 0.615. The molecular weight excluding hydrogens is 242 g/mol. The van der Waals surface area contributed by atoms with Crippen molar-refractivity contribution in [2.75, 3.05) is 5.32 Å². The lowest BCUT2D eigenvalue weighted by atomic mass is 10.3. The first-order valence-electron chi connectivity index (χ1n) is 6.01. The number of anilines is 1. The number of fused-ring (bicyclic) bond motifs is 1. The Labute approximate surface area is 110 Å². The summed E-state index contributed by atoms with van der Waals surface area (Å²) < 4.78 is 3.74. The molecule has 3 heterocycles. The lowest BCUT2D eigenvalue weighted by molar-refractivity contribution is 0.773. The molecule has 19 heavy (non-hydrogen) atoms. The van der Waals surface area contributed by atoms with Crippen molar-refractivity contribution in [2.24, 2.45) is 14.1 Å².